The highest BCUT2D eigenvalue weighted by molar-refractivity contribution is 5.28. The molecule has 25 heavy (non-hydrogen) atoms. The van der Waals surface area contributed by atoms with Crippen LogP contribution in [0.1, 0.15) is 38.7 Å². The van der Waals surface area contributed by atoms with Gasteiger partial charge in [0, 0.05) is 18.5 Å². The molecule has 0 radical (unpaired) electrons. The van der Waals surface area contributed by atoms with Crippen LogP contribution >= 0.6 is 0 Å². The van der Waals surface area contributed by atoms with E-state index in [2.05, 4.69) is 55.9 Å². The summed E-state index contributed by atoms with van der Waals surface area (Å²) in [5, 5.41) is 9.86. The van der Waals surface area contributed by atoms with Gasteiger partial charge in [-0.1, -0.05) is 26.0 Å². The van der Waals surface area contributed by atoms with Gasteiger partial charge in [0.15, 0.2) is 0 Å². The number of nitrogens with zero attached hydrogens (tertiary/aromatic N) is 2. The zero-order chi connectivity index (χ0) is 18.3. The lowest BCUT2D eigenvalue weighted by molar-refractivity contribution is 0.0218. The summed E-state index contributed by atoms with van der Waals surface area (Å²) in [5.41, 5.74) is 1.38. The van der Waals surface area contributed by atoms with Gasteiger partial charge >= 0.3 is 0 Å². The average Bonchev–Trinajstić information content (AvgIpc) is 2.56. The number of piperidine rings is 1. The summed E-state index contributed by atoms with van der Waals surface area (Å²) in [6.45, 7) is 9.55. The Morgan fingerprint density at radius 1 is 1.24 bits per heavy atom. The van der Waals surface area contributed by atoms with E-state index in [1.165, 1.54) is 5.56 Å². The molecule has 0 amide bonds. The van der Waals surface area contributed by atoms with Gasteiger partial charge in [-0.15, -0.1) is 0 Å². The largest absolute Gasteiger partial charge is 0.494 e. The highest BCUT2D eigenvalue weighted by atomic mass is 16.5. The summed E-state index contributed by atoms with van der Waals surface area (Å²) in [6.07, 6.45) is 3.21. The van der Waals surface area contributed by atoms with Gasteiger partial charge in [-0.2, -0.15) is 0 Å². The second kappa shape index (κ2) is 9.56. The summed E-state index contributed by atoms with van der Waals surface area (Å²) in [6, 6.07) is 8.50. The van der Waals surface area contributed by atoms with E-state index in [1.807, 2.05) is 6.07 Å². The Hall–Kier alpha value is -1.10. The third-order valence-corrected chi connectivity index (χ3v) is 5.17. The number of hydrogen-bond donors (Lipinski definition) is 1. The molecule has 1 fully saturated rings. The third-order valence-electron chi connectivity index (χ3n) is 5.17. The molecule has 1 aliphatic rings. The smallest absolute Gasteiger partial charge is 0.119 e. The predicted octanol–water partition coefficient (Wildman–Crippen LogP) is 3.25. The first kappa shape index (κ1) is 20.2. The molecule has 0 spiro atoms. The maximum absolute atomic E-state index is 9.86. The molecule has 2 rings (SSSR count). The lowest BCUT2D eigenvalue weighted by atomic mass is 9.78. The van der Waals surface area contributed by atoms with E-state index in [4.69, 9.17) is 4.74 Å². The lowest BCUT2D eigenvalue weighted by Gasteiger charge is -2.42. The van der Waals surface area contributed by atoms with Gasteiger partial charge in [0.25, 0.3) is 0 Å². The molecule has 0 atom stereocenters. The minimum absolute atomic E-state index is 0.0712. The first-order chi connectivity index (χ1) is 11.9. The van der Waals surface area contributed by atoms with Crippen molar-refractivity contribution in [2.45, 2.75) is 39.7 Å². The molecule has 1 saturated heterocycles. The quantitative estimate of drug-likeness (QED) is 0.743. The monoisotopic (exact) mass is 348 g/mol. The van der Waals surface area contributed by atoms with Gasteiger partial charge in [-0.25, -0.2) is 0 Å². The number of rotatable bonds is 9. The van der Waals surface area contributed by atoms with Crippen molar-refractivity contribution >= 4 is 0 Å². The van der Waals surface area contributed by atoms with Crippen LogP contribution in [0.3, 0.4) is 0 Å². The van der Waals surface area contributed by atoms with Gasteiger partial charge in [0.1, 0.15) is 5.75 Å². The van der Waals surface area contributed by atoms with E-state index in [1.54, 1.807) is 0 Å². The molecule has 1 N–H and O–H groups in total. The first-order valence-corrected chi connectivity index (χ1v) is 9.62. The van der Waals surface area contributed by atoms with Crippen molar-refractivity contribution in [2.24, 2.45) is 11.3 Å². The molecule has 0 bridgehead atoms. The highest BCUT2D eigenvalue weighted by Crippen LogP contribution is 2.32. The highest BCUT2D eigenvalue weighted by Gasteiger charge is 2.34. The molecule has 0 aliphatic carbocycles. The summed E-state index contributed by atoms with van der Waals surface area (Å²) in [5.74, 6) is 1.65. The maximum Gasteiger partial charge on any atom is 0.119 e. The second-order valence-electron chi connectivity index (χ2n) is 8.35. The molecule has 0 aromatic heterocycles. The molecule has 142 valence electrons. The molecule has 4 nitrogen and oxygen atoms in total. The SMILES string of the molecule is CC(C)CCOc1cccc(CN2CCC(CO)(CN(C)C)CC2)c1. The van der Waals surface area contributed by atoms with Crippen molar-refractivity contribution in [1.82, 2.24) is 9.80 Å². The Morgan fingerprint density at radius 2 is 1.96 bits per heavy atom. The Bertz CT molecular complexity index is 508. The fraction of sp³-hybridized carbons (Fsp3) is 0.714. The Balaban J connectivity index is 1.85. The normalized spacial score (nSPS) is 18.0. The Morgan fingerprint density at radius 3 is 2.56 bits per heavy atom. The van der Waals surface area contributed by atoms with E-state index in [0.717, 1.165) is 57.8 Å². The van der Waals surface area contributed by atoms with E-state index >= 15 is 0 Å². The van der Waals surface area contributed by atoms with Gasteiger partial charge in [0.05, 0.1) is 13.2 Å². The minimum Gasteiger partial charge on any atom is -0.494 e. The van der Waals surface area contributed by atoms with Crippen LogP contribution in [0.5, 0.6) is 5.75 Å². The predicted molar refractivity (Wildman–Crippen MR) is 104 cm³/mol. The van der Waals surface area contributed by atoms with Crippen molar-refractivity contribution < 1.29 is 9.84 Å². The van der Waals surface area contributed by atoms with Crippen LogP contribution < -0.4 is 4.74 Å². The van der Waals surface area contributed by atoms with E-state index in [-0.39, 0.29) is 12.0 Å². The molecule has 1 aliphatic heterocycles. The number of ether oxygens (including phenoxy) is 1. The standard InChI is InChI=1S/C21H36N2O2/c1-18(2)8-13-25-20-7-5-6-19(14-20)15-23-11-9-21(17-24,10-12-23)16-22(3)4/h5-7,14,18,24H,8-13,15-17H2,1-4H3. The second-order valence-corrected chi connectivity index (χ2v) is 8.35. The maximum atomic E-state index is 9.86. The molecule has 1 heterocycles. The average molecular weight is 349 g/mol. The fourth-order valence-corrected chi connectivity index (χ4v) is 3.63. The molecular weight excluding hydrogens is 312 g/mol. The van der Waals surface area contributed by atoms with Crippen molar-refractivity contribution in [2.75, 3.05) is 46.9 Å². The summed E-state index contributed by atoms with van der Waals surface area (Å²) in [4.78, 5) is 4.70. The van der Waals surface area contributed by atoms with Crippen molar-refractivity contribution in [3.63, 3.8) is 0 Å². The van der Waals surface area contributed by atoms with E-state index < -0.39 is 0 Å². The number of likely N-dealkylation sites (tertiary alicyclic amines) is 1. The molecule has 1 aromatic carbocycles. The van der Waals surface area contributed by atoms with Crippen LogP contribution in [0, 0.1) is 11.3 Å². The molecular formula is C21H36N2O2. The number of aliphatic hydroxyl groups excluding tert-OH is 1. The number of aliphatic hydroxyl groups is 1. The molecule has 4 heteroatoms. The van der Waals surface area contributed by atoms with Crippen LogP contribution in [-0.2, 0) is 6.54 Å². The first-order valence-electron chi connectivity index (χ1n) is 9.62. The summed E-state index contributed by atoms with van der Waals surface area (Å²) in [7, 11) is 4.18. The lowest BCUT2D eigenvalue weighted by Crippen LogP contribution is -2.46. The molecule has 1 aromatic rings. The van der Waals surface area contributed by atoms with Gasteiger partial charge in [-0.05, 0) is 70.1 Å². The fourth-order valence-electron chi connectivity index (χ4n) is 3.63. The van der Waals surface area contributed by atoms with Crippen LogP contribution in [-0.4, -0.2) is 61.8 Å². The van der Waals surface area contributed by atoms with Gasteiger partial charge in [-0.3, -0.25) is 4.90 Å². The van der Waals surface area contributed by atoms with Crippen LogP contribution in [0.25, 0.3) is 0 Å². The third kappa shape index (κ3) is 6.61. The van der Waals surface area contributed by atoms with Gasteiger partial charge in [0.2, 0.25) is 0 Å². The minimum atomic E-state index is 0.0712. The number of hydrogen-bond acceptors (Lipinski definition) is 4. The molecule has 0 unspecified atom stereocenters. The topological polar surface area (TPSA) is 35.9 Å². The van der Waals surface area contributed by atoms with Crippen LogP contribution in [0.4, 0.5) is 0 Å². The van der Waals surface area contributed by atoms with E-state index in [0.29, 0.717) is 5.92 Å². The summed E-state index contributed by atoms with van der Waals surface area (Å²) >= 11 is 0. The zero-order valence-corrected chi connectivity index (χ0v) is 16.5. The van der Waals surface area contributed by atoms with Crippen LogP contribution in [0.15, 0.2) is 24.3 Å². The van der Waals surface area contributed by atoms with Crippen molar-refractivity contribution in [3.05, 3.63) is 29.8 Å². The number of benzene rings is 1. The summed E-state index contributed by atoms with van der Waals surface area (Å²) < 4.78 is 5.88. The van der Waals surface area contributed by atoms with Crippen LogP contribution in [0.2, 0.25) is 0 Å². The van der Waals surface area contributed by atoms with E-state index in [9.17, 15) is 5.11 Å². The Labute approximate surface area is 153 Å². The Kier molecular flexibility index (Phi) is 7.73. The molecule has 0 saturated carbocycles. The van der Waals surface area contributed by atoms with Crippen molar-refractivity contribution in [1.29, 1.82) is 0 Å². The zero-order valence-electron chi connectivity index (χ0n) is 16.5. The van der Waals surface area contributed by atoms with Crippen molar-refractivity contribution in [3.8, 4) is 5.75 Å². The van der Waals surface area contributed by atoms with Gasteiger partial charge < -0.3 is 14.7 Å².